The summed E-state index contributed by atoms with van der Waals surface area (Å²) in [5.41, 5.74) is -1.06. The lowest BCUT2D eigenvalue weighted by Crippen LogP contribution is -2.57. The van der Waals surface area contributed by atoms with Crippen LogP contribution in [-0.4, -0.2) is 44.7 Å². The molecule has 0 bridgehead atoms. The van der Waals surface area contributed by atoms with Crippen molar-refractivity contribution in [2.75, 3.05) is 12.3 Å². The first kappa shape index (κ1) is 14.8. The molecule has 2 heterocycles. The second-order valence-electron chi connectivity index (χ2n) is 5.05. The number of likely N-dealkylation sites (tertiary alicyclic amines) is 1. The number of amides is 1. The van der Waals surface area contributed by atoms with Crippen LogP contribution in [0.15, 0.2) is 29.4 Å². The predicted molar refractivity (Wildman–Crippen MR) is 76.6 cm³/mol. The van der Waals surface area contributed by atoms with Crippen molar-refractivity contribution in [3.05, 3.63) is 24.5 Å². The van der Waals surface area contributed by atoms with Gasteiger partial charge >= 0.3 is 5.97 Å². The number of carbonyl (C=O) groups excluding carboxylic acids is 1. The lowest BCUT2D eigenvalue weighted by molar-refractivity contribution is -0.159. The number of nitrogens with zero attached hydrogens (tertiary/aromatic N) is 2. The number of rotatable bonds is 4. The number of piperidine rings is 1. The minimum absolute atomic E-state index is 0.114. The van der Waals surface area contributed by atoms with Gasteiger partial charge < -0.3 is 10.0 Å². The van der Waals surface area contributed by atoms with Crippen molar-refractivity contribution in [2.24, 2.45) is 0 Å². The highest BCUT2D eigenvalue weighted by atomic mass is 32.2. The van der Waals surface area contributed by atoms with Crippen molar-refractivity contribution in [3.63, 3.8) is 0 Å². The Balaban J connectivity index is 2.02. The molecular weight excluding hydrogens is 276 g/mol. The maximum Gasteiger partial charge on any atom is 0.329 e. The Morgan fingerprint density at radius 3 is 2.75 bits per heavy atom. The molecule has 5 nitrogen and oxygen atoms in total. The van der Waals surface area contributed by atoms with Crippen molar-refractivity contribution < 1.29 is 14.7 Å². The molecule has 0 aliphatic carbocycles. The monoisotopic (exact) mass is 294 g/mol. The first-order valence-electron chi connectivity index (χ1n) is 6.61. The van der Waals surface area contributed by atoms with E-state index in [1.54, 1.807) is 19.3 Å². The van der Waals surface area contributed by atoms with Gasteiger partial charge in [-0.3, -0.25) is 9.78 Å². The number of aliphatic carboxylic acids is 1. The van der Waals surface area contributed by atoms with E-state index >= 15 is 0 Å². The fraction of sp³-hybridized carbons (Fsp3) is 0.500. The van der Waals surface area contributed by atoms with Gasteiger partial charge in [-0.25, -0.2) is 4.79 Å². The molecule has 2 rings (SSSR count). The summed E-state index contributed by atoms with van der Waals surface area (Å²) < 4.78 is 0. The van der Waals surface area contributed by atoms with Crippen LogP contribution >= 0.6 is 11.8 Å². The largest absolute Gasteiger partial charge is 0.480 e. The smallest absolute Gasteiger partial charge is 0.329 e. The minimum Gasteiger partial charge on any atom is -0.480 e. The molecule has 1 aromatic heterocycles. The van der Waals surface area contributed by atoms with Gasteiger partial charge in [0, 0.05) is 23.8 Å². The molecule has 1 unspecified atom stereocenters. The van der Waals surface area contributed by atoms with E-state index in [0.29, 0.717) is 13.0 Å². The molecule has 1 aliphatic heterocycles. The zero-order valence-corrected chi connectivity index (χ0v) is 12.2. The van der Waals surface area contributed by atoms with E-state index < -0.39 is 11.5 Å². The van der Waals surface area contributed by atoms with Crippen LogP contribution in [-0.2, 0) is 9.59 Å². The quantitative estimate of drug-likeness (QED) is 0.860. The lowest BCUT2D eigenvalue weighted by Gasteiger charge is -2.41. The van der Waals surface area contributed by atoms with Crippen molar-refractivity contribution in [1.82, 2.24) is 9.88 Å². The number of carboxylic acid groups (broad SMARTS) is 1. The van der Waals surface area contributed by atoms with E-state index in [9.17, 15) is 14.7 Å². The number of carbonyl (C=O) groups is 2. The van der Waals surface area contributed by atoms with E-state index in [0.717, 1.165) is 17.7 Å². The number of carboxylic acids is 1. The first-order chi connectivity index (χ1) is 9.54. The standard InChI is InChI=1S/C14H18N2O3S/c1-14(13(18)19)6-2-3-9-16(14)12(17)10-20-11-4-7-15-8-5-11/h4-5,7-8H,2-3,6,9-10H2,1H3,(H,18,19). The van der Waals surface area contributed by atoms with Gasteiger partial charge in [0.1, 0.15) is 5.54 Å². The molecule has 0 saturated carbocycles. The van der Waals surface area contributed by atoms with Crippen LogP contribution in [0.25, 0.3) is 0 Å². The van der Waals surface area contributed by atoms with Crippen LogP contribution < -0.4 is 0 Å². The van der Waals surface area contributed by atoms with Crippen molar-refractivity contribution >= 4 is 23.6 Å². The Bertz CT molecular complexity index is 494. The molecule has 1 aromatic rings. The normalized spacial score (nSPS) is 22.6. The molecule has 0 spiro atoms. The van der Waals surface area contributed by atoms with Crippen LogP contribution in [0.4, 0.5) is 0 Å². The van der Waals surface area contributed by atoms with Gasteiger partial charge in [0.25, 0.3) is 0 Å². The number of hydrogen-bond donors (Lipinski definition) is 1. The maximum atomic E-state index is 12.3. The topological polar surface area (TPSA) is 70.5 Å². The van der Waals surface area contributed by atoms with E-state index in [1.807, 2.05) is 12.1 Å². The molecule has 1 aliphatic rings. The Hall–Kier alpha value is -1.56. The van der Waals surface area contributed by atoms with Crippen molar-refractivity contribution in [2.45, 2.75) is 36.6 Å². The van der Waals surface area contributed by atoms with Gasteiger partial charge in [-0.05, 0) is 38.3 Å². The summed E-state index contributed by atoms with van der Waals surface area (Å²) >= 11 is 1.41. The third-order valence-electron chi connectivity index (χ3n) is 3.66. The molecule has 1 fully saturated rings. The molecule has 20 heavy (non-hydrogen) atoms. The molecule has 1 saturated heterocycles. The average Bonchev–Trinajstić information content (AvgIpc) is 2.46. The third-order valence-corrected chi connectivity index (χ3v) is 4.66. The number of hydrogen-bond acceptors (Lipinski definition) is 4. The Labute approximate surface area is 122 Å². The molecule has 1 atom stereocenters. The highest BCUT2D eigenvalue weighted by Gasteiger charge is 2.43. The second-order valence-corrected chi connectivity index (χ2v) is 6.10. The van der Waals surface area contributed by atoms with Crippen molar-refractivity contribution in [3.8, 4) is 0 Å². The molecular formula is C14H18N2O3S. The van der Waals surface area contributed by atoms with Gasteiger partial charge in [0.15, 0.2) is 0 Å². The zero-order valence-electron chi connectivity index (χ0n) is 11.4. The van der Waals surface area contributed by atoms with Gasteiger partial charge in [-0.15, -0.1) is 11.8 Å². The lowest BCUT2D eigenvalue weighted by atomic mass is 9.88. The molecule has 0 radical (unpaired) electrons. The van der Waals surface area contributed by atoms with Crippen LogP contribution in [0.3, 0.4) is 0 Å². The Kier molecular flexibility index (Phi) is 4.65. The summed E-state index contributed by atoms with van der Waals surface area (Å²) in [6, 6.07) is 3.68. The highest BCUT2D eigenvalue weighted by Crippen LogP contribution is 2.29. The van der Waals surface area contributed by atoms with Gasteiger partial charge in [0.2, 0.25) is 5.91 Å². The summed E-state index contributed by atoms with van der Waals surface area (Å²) in [4.78, 5) is 30.2. The van der Waals surface area contributed by atoms with Gasteiger partial charge in [-0.2, -0.15) is 0 Å². The molecule has 6 heteroatoms. The molecule has 108 valence electrons. The first-order valence-corrected chi connectivity index (χ1v) is 7.59. The van der Waals surface area contributed by atoms with Gasteiger partial charge in [-0.1, -0.05) is 0 Å². The summed E-state index contributed by atoms with van der Waals surface area (Å²) in [5, 5.41) is 9.39. The zero-order chi connectivity index (χ0) is 14.6. The Morgan fingerprint density at radius 1 is 1.40 bits per heavy atom. The third kappa shape index (κ3) is 3.12. The summed E-state index contributed by atoms with van der Waals surface area (Å²) in [5.74, 6) is -0.775. The van der Waals surface area contributed by atoms with Crippen LogP contribution in [0.2, 0.25) is 0 Å². The van der Waals surface area contributed by atoms with Gasteiger partial charge in [0.05, 0.1) is 5.75 Å². The number of pyridine rings is 1. The van der Waals surface area contributed by atoms with E-state index in [4.69, 9.17) is 0 Å². The highest BCUT2D eigenvalue weighted by molar-refractivity contribution is 8.00. The SMILES string of the molecule is CC1(C(=O)O)CCCCN1C(=O)CSc1ccncc1. The van der Waals surface area contributed by atoms with E-state index in [2.05, 4.69) is 4.98 Å². The van der Waals surface area contributed by atoms with Crippen LogP contribution in [0.1, 0.15) is 26.2 Å². The fourth-order valence-electron chi connectivity index (χ4n) is 2.40. The number of aromatic nitrogens is 1. The van der Waals surface area contributed by atoms with E-state index in [1.165, 1.54) is 16.7 Å². The predicted octanol–water partition coefficient (Wildman–Crippen LogP) is 2.03. The van der Waals surface area contributed by atoms with Crippen molar-refractivity contribution in [1.29, 1.82) is 0 Å². The summed E-state index contributed by atoms with van der Waals surface area (Å²) in [6.07, 6.45) is 5.59. The second kappa shape index (κ2) is 6.26. The Morgan fingerprint density at radius 2 is 2.10 bits per heavy atom. The molecule has 1 amide bonds. The maximum absolute atomic E-state index is 12.3. The summed E-state index contributed by atoms with van der Waals surface area (Å²) in [7, 11) is 0. The average molecular weight is 294 g/mol. The number of thioether (sulfide) groups is 1. The van der Waals surface area contributed by atoms with Crippen LogP contribution in [0, 0.1) is 0 Å². The van der Waals surface area contributed by atoms with Crippen LogP contribution in [0.5, 0.6) is 0 Å². The molecule has 0 aromatic carbocycles. The van der Waals surface area contributed by atoms with E-state index in [-0.39, 0.29) is 11.7 Å². The minimum atomic E-state index is -1.06. The fourth-order valence-corrected chi connectivity index (χ4v) is 3.16. The molecule has 1 N–H and O–H groups in total. The summed E-state index contributed by atoms with van der Waals surface area (Å²) in [6.45, 7) is 2.17.